The van der Waals surface area contributed by atoms with Crippen LogP contribution in [0.3, 0.4) is 0 Å². The van der Waals surface area contributed by atoms with Crippen molar-refractivity contribution >= 4 is 17.0 Å². The highest BCUT2D eigenvalue weighted by Gasteiger charge is 2.24. The summed E-state index contributed by atoms with van der Waals surface area (Å²) in [5.41, 5.74) is 16.2. The molecule has 1 amide bonds. The third-order valence-corrected chi connectivity index (χ3v) is 6.81. The zero-order valence-corrected chi connectivity index (χ0v) is 20.9. The SMILES string of the molecule is COc1ccc(OCCN)cc1-c1cc2nccc(-c3cccc(C(=O)N[C@@H]4CCCC[C@@H]4N)c3)c2o1. The number of nitrogens with two attached hydrogens (primary N) is 2. The van der Waals surface area contributed by atoms with E-state index in [0.29, 0.717) is 47.1 Å². The molecule has 0 unspecified atom stereocenters. The molecule has 8 nitrogen and oxygen atoms in total. The molecule has 8 heteroatoms. The molecule has 4 aromatic rings. The molecule has 37 heavy (non-hydrogen) atoms. The van der Waals surface area contributed by atoms with Crippen LogP contribution in [0.2, 0.25) is 0 Å². The van der Waals surface area contributed by atoms with Crippen LogP contribution >= 0.6 is 0 Å². The third-order valence-electron chi connectivity index (χ3n) is 6.81. The fraction of sp³-hybridized carbons (Fsp3) is 0.310. The Balaban J connectivity index is 1.47. The maximum absolute atomic E-state index is 13.0. The predicted octanol–water partition coefficient (Wildman–Crippen LogP) is 4.51. The van der Waals surface area contributed by atoms with Gasteiger partial charge in [-0.15, -0.1) is 0 Å². The number of nitrogens with zero attached hydrogens (tertiary/aromatic N) is 1. The summed E-state index contributed by atoms with van der Waals surface area (Å²) in [4.78, 5) is 17.5. The van der Waals surface area contributed by atoms with E-state index in [1.807, 2.05) is 54.6 Å². The molecule has 2 aromatic carbocycles. The summed E-state index contributed by atoms with van der Waals surface area (Å²) in [5.74, 6) is 1.81. The standard InChI is InChI=1S/C29H32N4O4/c1-35-26-10-9-20(36-14-12-30)16-22(26)27-17-25-28(37-27)21(11-13-32-25)18-5-4-6-19(15-18)29(34)33-24-8-3-2-7-23(24)31/h4-6,9-11,13,15-17,23-24H,2-3,7-8,12,14,30-31H2,1H3,(H,33,34)/t23-,24+/m0/s1. The average Bonchev–Trinajstić information content (AvgIpc) is 3.37. The molecule has 2 atom stereocenters. The Bertz CT molecular complexity index is 1400. The largest absolute Gasteiger partial charge is 0.496 e. The number of carbonyl (C=O) groups excluding carboxylic acids is 1. The fourth-order valence-corrected chi connectivity index (χ4v) is 4.86. The van der Waals surface area contributed by atoms with E-state index in [-0.39, 0.29) is 18.0 Å². The van der Waals surface area contributed by atoms with Crippen molar-refractivity contribution in [2.75, 3.05) is 20.3 Å². The monoisotopic (exact) mass is 500 g/mol. The Kier molecular flexibility index (Phi) is 7.39. The van der Waals surface area contributed by atoms with Gasteiger partial charge in [0.2, 0.25) is 0 Å². The van der Waals surface area contributed by atoms with Crippen LogP contribution in [0.25, 0.3) is 33.6 Å². The fourth-order valence-electron chi connectivity index (χ4n) is 4.86. The minimum absolute atomic E-state index is 0.00144. The maximum atomic E-state index is 13.0. The van der Waals surface area contributed by atoms with Crippen molar-refractivity contribution in [1.29, 1.82) is 0 Å². The first-order chi connectivity index (χ1) is 18.1. The Morgan fingerprint density at radius 3 is 2.78 bits per heavy atom. The Labute approximate surface area is 216 Å². The van der Waals surface area contributed by atoms with E-state index in [9.17, 15) is 4.79 Å². The molecule has 0 bridgehead atoms. The molecule has 192 valence electrons. The van der Waals surface area contributed by atoms with Crippen LogP contribution in [0, 0.1) is 0 Å². The number of methoxy groups -OCH3 is 1. The van der Waals surface area contributed by atoms with Crippen molar-refractivity contribution in [2.45, 2.75) is 37.8 Å². The number of carbonyl (C=O) groups is 1. The second-order valence-electron chi connectivity index (χ2n) is 9.29. The summed E-state index contributed by atoms with van der Waals surface area (Å²) in [7, 11) is 1.61. The lowest BCUT2D eigenvalue weighted by Crippen LogP contribution is -2.49. The topological polar surface area (TPSA) is 126 Å². The molecule has 1 saturated carbocycles. The molecule has 1 fully saturated rings. The normalized spacial score (nSPS) is 17.5. The molecule has 0 spiro atoms. The van der Waals surface area contributed by atoms with Crippen molar-refractivity contribution in [3.8, 4) is 33.9 Å². The van der Waals surface area contributed by atoms with Gasteiger partial charge in [0.25, 0.3) is 5.91 Å². The maximum Gasteiger partial charge on any atom is 0.251 e. The van der Waals surface area contributed by atoms with Gasteiger partial charge in [0.05, 0.1) is 12.7 Å². The van der Waals surface area contributed by atoms with Crippen LogP contribution < -0.4 is 26.3 Å². The number of aromatic nitrogens is 1. The van der Waals surface area contributed by atoms with E-state index in [1.165, 1.54) is 0 Å². The molecule has 0 saturated heterocycles. The van der Waals surface area contributed by atoms with Crippen LogP contribution in [0.4, 0.5) is 0 Å². The van der Waals surface area contributed by atoms with Crippen LogP contribution in [0.15, 0.2) is 65.2 Å². The Morgan fingerprint density at radius 1 is 1.11 bits per heavy atom. The zero-order chi connectivity index (χ0) is 25.8. The second-order valence-corrected chi connectivity index (χ2v) is 9.29. The Morgan fingerprint density at radius 2 is 1.97 bits per heavy atom. The lowest BCUT2D eigenvalue weighted by atomic mass is 9.91. The van der Waals surface area contributed by atoms with Gasteiger partial charge in [-0.05, 0) is 54.8 Å². The first-order valence-electron chi connectivity index (χ1n) is 12.6. The first-order valence-corrected chi connectivity index (χ1v) is 12.6. The van der Waals surface area contributed by atoms with Crippen molar-refractivity contribution in [1.82, 2.24) is 10.3 Å². The first kappa shape index (κ1) is 24.8. The molecule has 0 aliphatic heterocycles. The summed E-state index contributed by atoms with van der Waals surface area (Å²) in [5, 5.41) is 3.13. The van der Waals surface area contributed by atoms with E-state index in [2.05, 4.69) is 10.3 Å². The summed E-state index contributed by atoms with van der Waals surface area (Å²) >= 11 is 0. The van der Waals surface area contributed by atoms with Gasteiger partial charge in [-0.25, -0.2) is 0 Å². The van der Waals surface area contributed by atoms with Crippen molar-refractivity contribution in [2.24, 2.45) is 11.5 Å². The van der Waals surface area contributed by atoms with Gasteiger partial charge in [-0.1, -0.05) is 25.0 Å². The molecule has 1 aliphatic carbocycles. The van der Waals surface area contributed by atoms with Crippen LogP contribution in [0.5, 0.6) is 11.5 Å². The molecule has 2 aromatic heterocycles. The lowest BCUT2D eigenvalue weighted by molar-refractivity contribution is 0.0921. The van der Waals surface area contributed by atoms with Gasteiger partial charge in [0.15, 0.2) is 5.58 Å². The van der Waals surface area contributed by atoms with E-state index >= 15 is 0 Å². The molecule has 1 aliphatic rings. The van der Waals surface area contributed by atoms with Gasteiger partial charge in [-0.2, -0.15) is 0 Å². The zero-order valence-electron chi connectivity index (χ0n) is 20.9. The van der Waals surface area contributed by atoms with Crippen molar-refractivity contribution in [3.63, 3.8) is 0 Å². The number of fused-ring (bicyclic) bond motifs is 1. The van der Waals surface area contributed by atoms with Crippen LogP contribution in [-0.4, -0.2) is 43.2 Å². The third kappa shape index (κ3) is 5.30. The van der Waals surface area contributed by atoms with E-state index < -0.39 is 0 Å². The predicted molar refractivity (Wildman–Crippen MR) is 144 cm³/mol. The van der Waals surface area contributed by atoms with Gasteiger partial charge < -0.3 is 30.7 Å². The van der Waals surface area contributed by atoms with Crippen molar-refractivity contribution < 1.29 is 18.7 Å². The number of ether oxygens (including phenoxy) is 2. The lowest BCUT2D eigenvalue weighted by Gasteiger charge is -2.29. The number of amides is 1. The van der Waals surface area contributed by atoms with E-state index in [4.69, 9.17) is 25.4 Å². The molecular formula is C29H32N4O4. The summed E-state index contributed by atoms with van der Waals surface area (Å²) in [6.07, 6.45) is 5.79. The van der Waals surface area contributed by atoms with Gasteiger partial charge in [-0.3, -0.25) is 9.78 Å². The number of hydrogen-bond donors (Lipinski definition) is 3. The summed E-state index contributed by atoms with van der Waals surface area (Å²) < 4.78 is 17.6. The van der Waals surface area contributed by atoms with Gasteiger partial charge in [0.1, 0.15) is 29.4 Å². The number of benzene rings is 2. The summed E-state index contributed by atoms with van der Waals surface area (Å²) in [6, 6.07) is 16.8. The highest BCUT2D eigenvalue weighted by Crippen LogP contribution is 2.39. The van der Waals surface area contributed by atoms with E-state index in [0.717, 1.165) is 42.4 Å². The van der Waals surface area contributed by atoms with Crippen LogP contribution in [-0.2, 0) is 0 Å². The number of rotatable bonds is 8. The Hall–Kier alpha value is -3.88. The highest BCUT2D eigenvalue weighted by atomic mass is 16.5. The molecule has 0 radical (unpaired) electrons. The average molecular weight is 501 g/mol. The smallest absolute Gasteiger partial charge is 0.251 e. The minimum atomic E-state index is -0.117. The van der Waals surface area contributed by atoms with Gasteiger partial charge in [0, 0.05) is 42.0 Å². The van der Waals surface area contributed by atoms with Crippen LogP contribution in [0.1, 0.15) is 36.0 Å². The highest BCUT2D eigenvalue weighted by molar-refractivity contribution is 5.98. The molecule has 5 rings (SSSR count). The quantitative estimate of drug-likeness (QED) is 0.325. The molecule has 5 N–H and O–H groups in total. The summed E-state index contributed by atoms with van der Waals surface area (Å²) in [6.45, 7) is 0.831. The minimum Gasteiger partial charge on any atom is -0.496 e. The van der Waals surface area contributed by atoms with Gasteiger partial charge >= 0.3 is 0 Å². The molecular weight excluding hydrogens is 468 g/mol. The number of pyridine rings is 1. The van der Waals surface area contributed by atoms with Crippen molar-refractivity contribution in [3.05, 3.63) is 66.4 Å². The molecule has 2 heterocycles. The number of hydrogen-bond acceptors (Lipinski definition) is 7. The van der Waals surface area contributed by atoms with E-state index in [1.54, 1.807) is 13.3 Å². The second kappa shape index (κ2) is 11.0. The number of nitrogens with one attached hydrogen (secondary N) is 1. The number of furan rings is 1.